The molecule has 0 atom stereocenters. The molecule has 0 unspecified atom stereocenters. The highest BCUT2D eigenvalue weighted by Crippen LogP contribution is 2.16. The zero-order valence-electron chi connectivity index (χ0n) is 6.09. The minimum atomic E-state index is -0.306. The number of rotatable bonds is 2. The number of hydrogen-bond donors (Lipinski definition) is 1. The fourth-order valence-corrected chi connectivity index (χ4v) is 0.972. The van der Waals surface area contributed by atoms with Crippen molar-refractivity contribution in [2.45, 2.75) is 6.61 Å². The fourth-order valence-electron chi connectivity index (χ4n) is 0.726. The summed E-state index contributed by atoms with van der Waals surface area (Å²) in [5, 5.41) is 0. The van der Waals surface area contributed by atoms with Crippen LogP contribution in [0, 0.1) is 5.82 Å². The smallest absolute Gasteiger partial charge is 0.137 e. The van der Waals surface area contributed by atoms with E-state index in [1.165, 1.54) is 6.07 Å². The predicted octanol–water partition coefficient (Wildman–Crippen LogP) is 2.40. The Morgan fingerprint density at radius 3 is 2.67 bits per heavy atom. The molecule has 0 amide bonds. The van der Waals surface area contributed by atoms with Crippen molar-refractivity contribution in [2.24, 2.45) is 5.90 Å². The van der Waals surface area contributed by atoms with Gasteiger partial charge in [-0.3, -0.25) is 4.84 Å². The first-order valence-electron chi connectivity index (χ1n) is 2.99. The van der Waals surface area contributed by atoms with E-state index in [2.05, 4.69) is 20.8 Å². The Labute approximate surface area is 84.4 Å². The third-order valence-corrected chi connectivity index (χ3v) is 1.88. The lowest BCUT2D eigenvalue weighted by atomic mass is 10.2. The van der Waals surface area contributed by atoms with Crippen LogP contribution in [0.15, 0.2) is 22.7 Å². The Kier molecular flexibility index (Phi) is 5.41. The van der Waals surface area contributed by atoms with Gasteiger partial charge in [-0.1, -0.05) is 6.07 Å². The second kappa shape index (κ2) is 5.48. The van der Waals surface area contributed by atoms with Crippen molar-refractivity contribution in [3.63, 3.8) is 0 Å². The van der Waals surface area contributed by atoms with Crippen LogP contribution < -0.4 is 5.90 Å². The van der Waals surface area contributed by atoms with E-state index in [4.69, 9.17) is 5.90 Å². The van der Waals surface area contributed by atoms with Gasteiger partial charge in [0.1, 0.15) is 5.82 Å². The molecule has 2 nitrogen and oxygen atoms in total. The molecule has 0 saturated carbocycles. The van der Waals surface area contributed by atoms with Gasteiger partial charge < -0.3 is 0 Å². The molecule has 0 bridgehead atoms. The normalized spacial score (nSPS) is 9.25. The summed E-state index contributed by atoms with van der Waals surface area (Å²) in [5.41, 5.74) is 0.716. The molecule has 0 saturated heterocycles. The van der Waals surface area contributed by atoms with Gasteiger partial charge in [-0.15, -0.1) is 12.4 Å². The molecule has 2 N–H and O–H groups in total. The van der Waals surface area contributed by atoms with Crippen molar-refractivity contribution in [3.8, 4) is 0 Å². The largest absolute Gasteiger partial charge is 0.300 e. The fraction of sp³-hybridized carbons (Fsp3) is 0.143. The number of nitrogens with two attached hydrogens (primary N) is 1. The lowest BCUT2D eigenvalue weighted by Gasteiger charge is -1.99. The molecule has 0 spiro atoms. The molecule has 0 radical (unpaired) electrons. The SMILES string of the molecule is Cl.NOCc1ccc(Br)c(F)c1. The summed E-state index contributed by atoms with van der Waals surface area (Å²) in [6, 6.07) is 4.72. The van der Waals surface area contributed by atoms with Crippen LogP contribution >= 0.6 is 28.3 Å². The van der Waals surface area contributed by atoms with Gasteiger partial charge in [0, 0.05) is 0 Å². The van der Waals surface area contributed by atoms with Crippen LogP contribution in [0.4, 0.5) is 4.39 Å². The van der Waals surface area contributed by atoms with Gasteiger partial charge in [-0.25, -0.2) is 10.3 Å². The van der Waals surface area contributed by atoms with Crippen LogP contribution in [-0.2, 0) is 11.4 Å². The maximum Gasteiger partial charge on any atom is 0.137 e. The van der Waals surface area contributed by atoms with Crippen LogP contribution in [-0.4, -0.2) is 0 Å². The highest BCUT2D eigenvalue weighted by atomic mass is 79.9. The van der Waals surface area contributed by atoms with E-state index in [1.807, 2.05) is 0 Å². The minimum Gasteiger partial charge on any atom is -0.300 e. The maximum atomic E-state index is 12.8. The summed E-state index contributed by atoms with van der Waals surface area (Å²) < 4.78 is 13.2. The van der Waals surface area contributed by atoms with Crippen LogP contribution in [0.2, 0.25) is 0 Å². The summed E-state index contributed by atoms with van der Waals surface area (Å²) in [6.45, 7) is 0.226. The molecule has 1 rings (SSSR count). The van der Waals surface area contributed by atoms with Crippen LogP contribution in [0.5, 0.6) is 0 Å². The lowest BCUT2D eigenvalue weighted by Crippen LogP contribution is -1.98. The topological polar surface area (TPSA) is 35.2 Å². The zero-order valence-corrected chi connectivity index (χ0v) is 8.49. The molecule has 1 aromatic carbocycles. The Hall–Kier alpha value is -0.160. The van der Waals surface area contributed by atoms with Gasteiger partial charge in [0.2, 0.25) is 0 Å². The first-order chi connectivity index (χ1) is 5.24. The van der Waals surface area contributed by atoms with E-state index >= 15 is 0 Å². The van der Waals surface area contributed by atoms with Crippen LogP contribution in [0.25, 0.3) is 0 Å². The van der Waals surface area contributed by atoms with Gasteiger partial charge in [0.25, 0.3) is 0 Å². The molecular weight excluding hydrogens is 248 g/mol. The first-order valence-corrected chi connectivity index (χ1v) is 3.79. The third-order valence-electron chi connectivity index (χ3n) is 1.23. The average molecular weight is 257 g/mol. The van der Waals surface area contributed by atoms with Crippen molar-refractivity contribution in [3.05, 3.63) is 34.1 Å². The molecule has 0 heterocycles. The standard InChI is InChI=1S/C7H7BrFNO.ClH/c8-6-2-1-5(4-11-10)3-7(6)9;/h1-3H,4,10H2;1H. The summed E-state index contributed by atoms with van der Waals surface area (Å²) in [4.78, 5) is 4.34. The van der Waals surface area contributed by atoms with Crippen LogP contribution in [0.1, 0.15) is 5.56 Å². The van der Waals surface area contributed by atoms with Crippen molar-refractivity contribution in [2.75, 3.05) is 0 Å². The zero-order chi connectivity index (χ0) is 8.27. The Balaban J connectivity index is 0.00000121. The van der Waals surface area contributed by atoms with E-state index in [0.29, 0.717) is 10.0 Å². The molecule has 68 valence electrons. The van der Waals surface area contributed by atoms with E-state index < -0.39 is 0 Å². The number of halogens is 3. The number of hydrogen-bond acceptors (Lipinski definition) is 2. The van der Waals surface area contributed by atoms with E-state index in [9.17, 15) is 4.39 Å². The van der Waals surface area contributed by atoms with Crippen molar-refractivity contribution >= 4 is 28.3 Å². The monoisotopic (exact) mass is 255 g/mol. The molecule has 1 aromatic rings. The molecular formula is C7H8BrClFNO. The van der Waals surface area contributed by atoms with E-state index in [0.717, 1.165) is 0 Å². The highest BCUT2D eigenvalue weighted by molar-refractivity contribution is 9.10. The van der Waals surface area contributed by atoms with Gasteiger partial charge in [-0.2, -0.15) is 0 Å². The summed E-state index contributed by atoms with van der Waals surface area (Å²) >= 11 is 3.03. The second-order valence-corrected chi connectivity index (χ2v) is 2.91. The highest BCUT2D eigenvalue weighted by Gasteiger charge is 1.99. The van der Waals surface area contributed by atoms with Gasteiger partial charge >= 0.3 is 0 Å². The molecule has 0 aliphatic carbocycles. The van der Waals surface area contributed by atoms with Crippen molar-refractivity contribution in [1.82, 2.24) is 0 Å². The second-order valence-electron chi connectivity index (χ2n) is 2.06. The maximum absolute atomic E-state index is 12.8. The quantitative estimate of drug-likeness (QED) is 0.825. The van der Waals surface area contributed by atoms with E-state index in [-0.39, 0.29) is 24.8 Å². The summed E-state index contributed by atoms with van der Waals surface area (Å²) in [6.07, 6.45) is 0. The summed E-state index contributed by atoms with van der Waals surface area (Å²) in [5.74, 6) is 4.51. The summed E-state index contributed by atoms with van der Waals surface area (Å²) in [7, 11) is 0. The van der Waals surface area contributed by atoms with Gasteiger partial charge in [0.05, 0.1) is 11.1 Å². The molecule has 0 aliphatic rings. The minimum absolute atomic E-state index is 0. The predicted molar refractivity (Wildman–Crippen MR) is 50.3 cm³/mol. The molecule has 12 heavy (non-hydrogen) atoms. The van der Waals surface area contributed by atoms with Crippen LogP contribution in [0.3, 0.4) is 0 Å². The molecule has 0 aliphatic heterocycles. The van der Waals surface area contributed by atoms with E-state index in [1.54, 1.807) is 12.1 Å². The Morgan fingerprint density at radius 1 is 1.50 bits per heavy atom. The lowest BCUT2D eigenvalue weighted by molar-refractivity contribution is 0.124. The third kappa shape index (κ3) is 3.06. The number of benzene rings is 1. The average Bonchev–Trinajstić information content (AvgIpc) is 1.98. The molecule has 0 fully saturated rings. The van der Waals surface area contributed by atoms with Gasteiger partial charge in [-0.05, 0) is 33.6 Å². The first kappa shape index (κ1) is 11.8. The van der Waals surface area contributed by atoms with Crippen molar-refractivity contribution < 1.29 is 9.23 Å². The Bertz CT molecular complexity index is 259. The molecule has 5 heteroatoms. The Morgan fingerprint density at radius 2 is 2.17 bits per heavy atom. The molecule has 0 aromatic heterocycles. The van der Waals surface area contributed by atoms with Crippen molar-refractivity contribution in [1.29, 1.82) is 0 Å². The van der Waals surface area contributed by atoms with Gasteiger partial charge in [0.15, 0.2) is 0 Å².